The summed E-state index contributed by atoms with van der Waals surface area (Å²) in [5, 5.41) is 9.78. The van der Waals surface area contributed by atoms with E-state index in [9.17, 15) is 5.26 Å². The average Bonchev–Trinajstić information content (AvgIpc) is 2.93. The molecule has 3 heteroatoms. The van der Waals surface area contributed by atoms with Crippen LogP contribution in [0.5, 0.6) is 0 Å². The Morgan fingerprint density at radius 2 is 1.43 bits per heavy atom. The molecule has 0 saturated heterocycles. The molecule has 1 aromatic carbocycles. The van der Waals surface area contributed by atoms with Gasteiger partial charge in [-0.05, 0) is 86.7 Å². The summed E-state index contributed by atoms with van der Waals surface area (Å²) in [6.07, 6.45) is 22.8. The predicted molar refractivity (Wildman–Crippen MR) is 145 cm³/mol. The van der Waals surface area contributed by atoms with Crippen LogP contribution < -0.4 is 0 Å². The zero-order valence-electron chi connectivity index (χ0n) is 22.1. The van der Waals surface area contributed by atoms with Crippen molar-refractivity contribution in [2.24, 2.45) is 11.3 Å². The maximum absolute atomic E-state index is 9.78. The molecule has 0 radical (unpaired) electrons. The Morgan fingerprint density at radius 3 is 2.03 bits per heavy atom. The molecule has 0 N–H and O–H groups in total. The second kappa shape index (κ2) is 12.7. The zero-order valence-corrected chi connectivity index (χ0v) is 22.1. The molecule has 0 unspecified atom stereocenters. The summed E-state index contributed by atoms with van der Waals surface area (Å²) in [7, 11) is 0. The van der Waals surface area contributed by atoms with Crippen LogP contribution in [0.15, 0.2) is 36.7 Å². The van der Waals surface area contributed by atoms with Gasteiger partial charge in [-0.25, -0.2) is 9.97 Å². The molecule has 2 aromatic rings. The van der Waals surface area contributed by atoms with E-state index in [1.54, 1.807) is 0 Å². The van der Waals surface area contributed by atoms with Gasteiger partial charge in [0, 0.05) is 18.0 Å². The molecule has 2 aliphatic carbocycles. The fourth-order valence-electron chi connectivity index (χ4n) is 6.51. The molecule has 188 valence electrons. The highest BCUT2D eigenvalue weighted by molar-refractivity contribution is 5.55. The van der Waals surface area contributed by atoms with Crippen molar-refractivity contribution in [1.29, 1.82) is 5.26 Å². The molecule has 0 aliphatic heterocycles. The zero-order chi connectivity index (χ0) is 24.5. The van der Waals surface area contributed by atoms with E-state index in [1.807, 2.05) is 0 Å². The van der Waals surface area contributed by atoms with Gasteiger partial charge in [0.2, 0.25) is 0 Å². The summed E-state index contributed by atoms with van der Waals surface area (Å²) in [5.74, 6) is 2.99. The summed E-state index contributed by atoms with van der Waals surface area (Å²) in [4.78, 5) is 9.51. The van der Waals surface area contributed by atoms with Gasteiger partial charge in [0.25, 0.3) is 0 Å². The third-order valence-electron chi connectivity index (χ3n) is 9.03. The molecule has 2 aliphatic rings. The normalized spacial score (nSPS) is 26.8. The summed E-state index contributed by atoms with van der Waals surface area (Å²) < 4.78 is 0. The Labute approximate surface area is 213 Å². The molecule has 0 spiro atoms. The van der Waals surface area contributed by atoms with Crippen LogP contribution >= 0.6 is 0 Å². The number of rotatable bonds is 10. The van der Waals surface area contributed by atoms with Gasteiger partial charge in [-0.3, -0.25) is 0 Å². The molecule has 0 amide bonds. The highest BCUT2D eigenvalue weighted by atomic mass is 14.9. The summed E-state index contributed by atoms with van der Waals surface area (Å²) in [6.45, 7) is 4.51. The first-order valence-corrected chi connectivity index (χ1v) is 14.5. The van der Waals surface area contributed by atoms with Crippen molar-refractivity contribution in [2.75, 3.05) is 0 Å². The molecule has 0 bridgehead atoms. The van der Waals surface area contributed by atoms with Gasteiger partial charge in [-0.2, -0.15) is 5.26 Å². The molecular formula is C32H45N3. The lowest BCUT2D eigenvalue weighted by atomic mass is 9.67. The molecule has 0 atom stereocenters. The molecule has 4 rings (SSSR count). The third-order valence-corrected chi connectivity index (χ3v) is 9.03. The van der Waals surface area contributed by atoms with E-state index >= 15 is 0 Å². The standard InChI is InChI=1S/C32H45N3/c1-3-5-7-8-25-9-11-27(12-10-25)30-22-34-31(35-23-30)29-15-13-26(14-16-29)28-17-20-32(24-33,21-18-28)19-6-4-2/h13-16,22-23,25,27-28H,3-12,17-21H2,1-2H3/t25-,27-,28-,32-. The Hall–Kier alpha value is -2.21. The van der Waals surface area contributed by atoms with E-state index in [1.165, 1.54) is 75.3 Å². The number of nitrogens with zero attached hydrogens (tertiary/aromatic N) is 3. The molecule has 35 heavy (non-hydrogen) atoms. The van der Waals surface area contributed by atoms with Gasteiger partial charge < -0.3 is 0 Å². The minimum Gasteiger partial charge on any atom is -0.236 e. The van der Waals surface area contributed by atoms with E-state index in [-0.39, 0.29) is 5.41 Å². The lowest BCUT2D eigenvalue weighted by Crippen LogP contribution is -2.25. The molecule has 2 fully saturated rings. The summed E-state index contributed by atoms with van der Waals surface area (Å²) in [5.41, 5.74) is 3.76. The monoisotopic (exact) mass is 471 g/mol. The fourth-order valence-corrected chi connectivity index (χ4v) is 6.51. The second-order valence-electron chi connectivity index (χ2n) is 11.4. The van der Waals surface area contributed by atoms with Crippen LogP contribution in [0.3, 0.4) is 0 Å². The SMILES string of the molecule is CCCCC[C@H]1CC[C@H](c2cnc(-c3ccc([C@H]4CC[C@@](C#N)(CCCC)CC4)cc3)nc2)CC1. The Kier molecular flexibility index (Phi) is 9.36. The van der Waals surface area contributed by atoms with Gasteiger partial charge in [0.15, 0.2) is 5.82 Å². The van der Waals surface area contributed by atoms with Gasteiger partial charge in [0.1, 0.15) is 0 Å². The van der Waals surface area contributed by atoms with E-state index in [0.29, 0.717) is 11.8 Å². The van der Waals surface area contributed by atoms with Crippen molar-refractivity contribution in [3.8, 4) is 17.5 Å². The van der Waals surface area contributed by atoms with Crippen molar-refractivity contribution < 1.29 is 0 Å². The second-order valence-corrected chi connectivity index (χ2v) is 11.4. The van der Waals surface area contributed by atoms with Gasteiger partial charge in [-0.1, -0.05) is 76.6 Å². The van der Waals surface area contributed by atoms with E-state index in [2.05, 4.69) is 56.6 Å². The van der Waals surface area contributed by atoms with Crippen LogP contribution in [0.25, 0.3) is 11.4 Å². The van der Waals surface area contributed by atoms with Crippen LogP contribution in [0.2, 0.25) is 0 Å². The first kappa shape index (κ1) is 25.9. The van der Waals surface area contributed by atoms with Gasteiger partial charge in [-0.15, -0.1) is 0 Å². The van der Waals surface area contributed by atoms with Crippen molar-refractivity contribution in [3.05, 3.63) is 47.8 Å². The highest BCUT2D eigenvalue weighted by Crippen LogP contribution is 2.45. The molecule has 1 aromatic heterocycles. The number of hydrogen-bond acceptors (Lipinski definition) is 3. The largest absolute Gasteiger partial charge is 0.236 e. The minimum atomic E-state index is -0.0731. The van der Waals surface area contributed by atoms with Crippen molar-refractivity contribution in [1.82, 2.24) is 9.97 Å². The van der Waals surface area contributed by atoms with Crippen LogP contribution in [-0.2, 0) is 0 Å². The maximum Gasteiger partial charge on any atom is 0.159 e. The Balaban J connectivity index is 1.30. The van der Waals surface area contributed by atoms with Crippen molar-refractivity contribution in [2.45, 2.75) is 122 Å². The third kappa shape index (κ3) is 6.72. The number of benzene rings is 1. The average molecular weight is 472 g/mol. The fraction of sp³-hybridized carbons (Fsp3) is 0.656. The van der Waals surface area contributed by atoms with E-state index in [0.717, 1.165) is 49.4 Å². The summed E-state index contributed by atoms with van der Waals surface area (Å²) >= 11 is 0. The van der Waals surface area contributed by atoms with Crippen molar-refractivity contribution >= 4 is 0 Å². The predicted octanol–water partition coefficient (Wildman–Crippen LogP) is 9.36. The Morgan fingerprint density at radius 1 is 0.800 bits per heavy atom. The number of aromatic nitrogens is 2. The van der Waals surface area contributed by atoms with E-state index < -0.39 is 0 Å². The lowest BCUT2D eigenvalue weighted by molar-refractivity contribution is 0.224. The minimum absolute atomic E-state index is 0.0731. The Bertz CT molecular complexity index is 924. The smallest absolute Gasteiger partial charge is 0.159 e. The van der Waals surface area contributed by atoms with Crippen LogP contribution in [0.4, 0.5) is 0 Å². The van der Waals surface area contributed by atoms with Crippen molar-refractivity contribution in [3.63, 3.8) is 0 Å². The summed E-state index contributed by atoms with van der Waals surface area (Å²) in [6, 6.07) is 11.6. The van der Waals surface area contributed by atoms with Crippen LogP contribution in [0.1, 0.15) is 133 Å². The van der Waals surface area contributed by atoms with Gasteiger partial charge in [0.05, 0.1) is 11.5 Å². The van der Waals surface area contributed by atoms with Crippen LogP contribution in [-0.4, -0.2) is 9.97 Å². The topological polar surface area (TPSA) is 49.6 Å². The molecule has 2 saturated carbocycles. The molecule has 1 heterocycles. The number of unbranched alkanes of at least 4 members (excludes halogenated alkanes) is 3. The molecule has 3 nitrogen and oxygen atoms in total. The number of nitriles is 1. The lowest BCUT2D eigenvalue weighted by Gasteiger charge is -2.35. The highest BCUT2D eigenvalue weighted by Gasteiger charge is 2.35. The van der Waals surface area contributed by atoms with E-state index in [4.69, 9.17) is 9.97 Å². The van der Waals surface area contributed by atoms with Gasteiger partial charge >= 0.3 is 0 Å². The first-order chi connectivity index (χ1) is 17.2. The van der Waals surface area contributed by atoms with Crippen LogP contribution in [0, 0.1) is 22.7 Å². The molecular weight excluding hydrogens is 426 g/mol. The number of hydrogen-bond donors (Lipinski definition) is 0. The maximum atomic E-state index is 9.78. The first-order valence-electron chi connectivity index (χ1n) is 14.5. The quantitative estimate of drug-likeness (QED) is 0.324.